The molecule has 0 aromatic rings. The minimum Gasteiger partial charge on any atom is -0.459 e. The lowest BCUT2D eigenvalue weighted by atomic mass is 9.50. The van der Waals surface area contributed by atoms with Gasteiger partial charge in [-0.1, -0.05) is 47.5 Å². The smallest absolute Gasteiger partial charge is 0.312 e. The summed E-state index contributed by atoms with van der Waals surface area (Å²) in [7, 11) is 0. The number of aliphatic hydroxyl groups is 1. The monoisotopic (exact) mass is 1210 g/mol. The second-order valence-corrected chi connectivity index (χ2v) is 33.9. The van der Waals surface area contributed by atoms with Gasteiger partial charge in [0.25, 0.3) is 0 Å². The molecule has 13 rings (SSSR count). The molecule has 0 amide bonds. The third-order valence-electron chi connectivity index (χ3n) is 24.7. The fraction of sp³-hybridized carbons (Fsp3) is 0.918. The number of rotatable bonds is 15. The Hall–Kier alpha value is -3.22. The van der Waals surface area contributed by atoms with Crippen LogP contribution in [0.1, 0.15) is 304 Å². The molecule has 7 atom stereocenters. The Bertz CT molecular complexity index is 2290. The van der Waals surface area contributed by atoms with Crippen LogP contribution in [0, 0.1) is 80.3 Å². The number of hydrogen-bond donors (Lipinski definition) is 1. The Balaban J connectivity index is 0.000000155. The topological polar surface area (TPSA) is 178 Å². The van der Waals surface area contributed by atoms with Crippen LogP contribution in [0.4, 0.5) is 0 Å². The third-order valence-corrected chi connectivity index (χ3v) is 24.7. The van der Waals surface area contributed by atoms with Gasteiger partial charge in [0.2, 0.25) is 0 Å². The first-order valence-corrected chi connectivity index (χ1v) is 34.9. The molecule has 0 spiro atoms. The zero-order chi connectivity index (χ0) is 63.9. The second kappa shape index (κ2) is 26.5. The minimum atomic E-state index is -0.555. The highest BCUT2D eigenvalue weighted by atomic mass is 16.6. The number of ether oxygens (including phenoxy) is 6. The maximum absolute atomic E-state index is 12.5. The predicted molar refractivity (Wildman–Crippen MR) is 335 cm³/mol. The molecule has 0 aromatic carbocycles. The van der Waals surface area contributed by atoms with Gasteiger partial charge in [-0.3, -0.25) is 28.8 Å². The molecule has 86 heavy (non-hydrogen) atoms. The van der Waals surface area contributed by atoms with E-state index >= 15 is 0 Å². The quantitative estimate of drug-likeness (QED) is 0.121. The first kappa shape index (κ1) is 70.2. The zero-order valence-corrected chi connectivity index (χ0v) is 57.5. The van der Waals surface area contributed by atoms with Crippen LogP contribution in [0.15, 0.2) is 0 Å². The normalized spacial score (nSPS) is 35.6. The molecule has 7 unspecified atom stereocenters. The summed E-state index contributed by atoms with van der Waals surface area (Å²) in [5.41, 5.74) is -3.34. The number of fused-ring (bicyclic) bond motifs is 1. The van der Waals surface area contributed by atoms with Gasteiger partial charge in [-0.15, -0.1) is 0 Å². The standard InChI is InChI=1S/C17H28O2.C16H26O3.C14H20O4.2C13H24O2/c1-5-16(2,3)15(18)19-17(4)13-7-11-6-12(9-13)10-14(17)8-11;1-4-14(2,3)13(17)19-16-8-11-5-12(9-16)7-15(18,6-11)10-16;1-4-14(2,3)13(16)18-10-7-5-8-9(6-7)12(15)17-11(8)10;2*1-5-12(2,3)11(14)15-13(4)9-7-6-8-10-13/h11-14H,5-10H2,1-4H3;11-12,18H,4-10H2,1-3H3;7-11H,4-6H2,1-3H3;2*5-10H2,1-4H3. The molecule has 0 radical (unpaired) electrons. The summed E-state index contributed by atoms with van der Waals surface area (Å²) in [4.78, 5) is 72.5. The lowest BCUT2D eigenvalue weighted by molar-refractivity contribution is -0.225. The van der Waals surface area contributed by atoms with Crippen molar-refractivity contribution in [1.82, 2.24) is 0 Å². The van der Waals surface area contributed by atoms with Crippen molar-refractivity contribution in [2.45, 2.75) is 345 Å². The van der Waals surface area contributed by atoms with Crippen molar-refractivity contribution in [2.24, 2.45) is 80.3 Å². The maximum Gasteiger partial charge on any atom is 0.312 e. The van der Waals surface area contributed by atoms with Gasteiger partial charge in [-0.25, -0.2) is 0 Å². The highest BCUT2D eigenvalue weighted by Crippen LogP contribution is 2.61. The summed E-state index contributed by atoms with van der Waals surface area (Å²) in [6.45, 7) is 36.1. The van der Waals surface area contributed by atoms with E-state index in [0.29, 0.717) is 41.9 Å². The van der Waals surface area contributed by atoms with Gasteiger partial charge in [0.1, 0.15) is 34.6 Å². The van der Waals surface area contributed by atoms with E-state index in [-0.39, 0.29) is 92.6 Å². The number of esters is 6. The first-order chi connectivity index (χ1) is 39.8. The average molecular weight is 1210 g/mol. The van der Waals surface area contributed by atoms with Crippen LogP contribution < -0.4 is 0 Å². The van der Waals surface area contributed by atoms with Crippen LogP contribution in [-0.4, -0.2) is 81.1 Å². The van der Waals surface area contributed by atoms with Gasteiger partial charge in [-0.05, 0) is 286 Å². The minimum absolute atomic E-state index is 0.0185. The zero-order valence-electron chi connectivity index (χ0n) is 57.5. The van der Waals surface area contributed by atoms with Crippen molar-refractivity contribution in [3.63, 3.8) is 0 Å². The Morgan fingerprint density at radius 2 is 0.849 bits per heavy atom. The lowest BCUT2D eigenvalue weighted by Crippen LogP contribution is -2.61. The summed E-state index contributed by atoms with van der Waals surface area (Å²) < 4.78 is 34.5. The molecular formula is C73H122O13. The van der Waals surface area contributed by atoms with Crippen molar-refractivity contribution in [3.8, 4) is 0 Å². The summed E-state index contributed by atoms with van der Waals surface area (Å²) in [6.07, 6.45) is 29.2. The van der Waals surface area contributed by atoms with Gasteiger partial charge >= 0.3 is 35.8 Å². The van der Waals surface area contributed by atoms with Gasteiger partial charge in [0.05, 0.1) is 38.6 Å². The maximum atomic E-state index is 12.5. The molecule has 12 saturated carbocycles. The van der Waals surface area contributed by atoms with E-state index < -0.39 is 16.4 Å². The number of hydrogen-bond acceptors (Lipinski definition) is 13. The van der Waals surface area contributed by atoms with E-state index in [2.05, 4.69) is 27.7 Å². The highest BCUT2D eigenvalue weighted by molar-refractivity contribution is 5.79. The Kier molecular flexibility index (Phi) is 21.7. The summed E-state index contributed by atoms with van der Waals surface area (Å²) in [5, 5.41) is 10.6. The van der Waals surface area contributed by atoms with Crippen LogP contribution in [0.25, 0.3) is 0 Å². The van der Waals surface area contributed by atoms with E-state index in [1.165, 1.54) is 77.0 Å². The van der Waals surface area contributed by atoms with Crippen molar-refractivity contribution < 1.29 is 62.3 Å². The highest BCUT2D eigenvalue weighted by Gasteiger charge is 2.64. The molecule has 1 N–H and O–H groups in total. The third kappa shape index (κ3) is 15.9. The van der Waals surface area contributed by atoms with Gasteiger partial charge in [-0.2, -0.15) is 0 Å². The summed E-state index contributed by atoms with van der Waals surface area (Å²) in [5.74, 6) is 4.54. The van der Waals surface area contributed by atoms with E-state index in [9.17, 15) is 33.9 Å². The van der Waals surface area contributed by atoms with E-state index in [0.717, 1.165) is 108 Å². The molecule has 12 aliphatic carbocycles. The van der Waals surface area contributed by atoms with Crippen molar-refractivity contribution in [1.29, 1.82) is 0 Å². The van der Waals surface area contributed by atoms with Crippen molar-refractivity contribution in [3.05, 3.63) is 0 Å². The van der Waals surface area contributed by atoms with Gasteiger partial charge in [0.15, 0.2) is 0 Å². The summed E-state index contributed by atoms with van der Waals surface area (Å²) >= 11 is 0. The van der Waals surface area contributed by atoms with Crippen LogP contribution in [0.2, 0.25) is 0 Å². The van der Waals surface area contributed by atoms with Crippen molar-refractivity contribution >= 4 is 35.8 Å². The van der Waals surface area contributed by atoms with E-state index in [4.69, 9.17) is 28.4 Å². The Morgan fingerprint density at radius 1 is 0.477 bits per heavy atom. The van der Waals surface area contributed by atoms with Crippen LogP contribution >= 0.6 is 0 Å². The molecule has 1 saturated heterocycles. The SMILES string of the molecule is CCC(C)(C)C(=O)OC1(C)C2CC3CC(C2)CC1C3.CCC(C)(C)C(=O)OC1(C)CCCCC1.CCC(C)(C)C(=O)OC1(C)CCCCC1.CCC(C)(C)C(=O)OC12CC3CC(CC(O)(C3)C1)C2.CCC(C)(C)C(=O)OC1C2CC3C(=O)OC1C3C2. The lowest BCUT2D eigenvalue weighted by Gasteiger charge is -2.59. The molecule has 10 bridgehead atoms. The molecule has 492 valence electrons. The number of carbonyl (C=O) groups is 6. The van der Waals surface area contributed by atoms with Gasteiger partial charge < -0.3 is 33.5 Å². The van der Waals surface area contributed by atoms with E-state index in [1.807, 2.05) is 96.9 Å². The fourth-order valence-electron chi connectivity index (χ4n) is 16.8. The van der Waals surface area contributed by atoms with E-state index in [1.54, 1.807) is 0 Å². The average Bonchev–Trinajstić information content (AvgIpc) is 1.87. The predicted octanol–water partition coefficient (Wildman–Crippen LogP) is 16.5. The van der Waals surface area contributed by atoms with Crippen LogP contribution in [0.3, 0.4) is 0 Å². The molecule has 13 heteroatoms. The molecule has 1 heterocycles. The first-order valence-electron chi connectivity index (χ1n) is 34.9. The van der Waals surface area contributed by atoms with Gasteiger partial charge in [0, 0.05) is 18.3 Å². The summed E-state index contributed by atoms with van der Waals surface area (Å²) in [6, 6.07) is 0. The second-order valence-electron chi connectivity index (χ2n) is 33.9. The molecule has 0 aromatic heterocycles. The molecule has 13 aliphatic rings. The fourth-order valence-corrected chi connectivity index (χ4v) is 16.8. The largest absolute Gasteiger partial charge is 0.459 e. The molecule has 13 nitrogen and oxygen atoms in total. The van der Waals surface area contributed by atoms with Crippen molar-refractivity contribution in [2.75, 3.05) is 0 Å². The Morgan fingerprint density at radius 3 is 1.24 bits per heavy atom. The molecule has 13 fully saturated rings. The van der Waals surface area contributed by atoms with Crippen LogP contribution in [-0.2, 0) is 57.2 Å². The number of carbonyl (C=O) groups excluding carboxylic acids is 6. The molecular weight excluding hydrogens is 1080 g/mol. The molecule has 1 aliphatic heterocycles. The van der Waals surface area contributed by atoms with Crippen LogP contribution in [0.5, 0.6) is 0 Å². The Labute approximate surface area is 520 Å².